The van der Waals surface area contributed by atoms with Crippen LogP contribution in [0.2, 0.25) is 0 Å². The number of ether oxygens (including phenoxy) is 1. The number of nitrogens with zero attached hydrogens (tertiary/aromatic N) is 2. The Morgan fingerprint density at radius 2 is 2.33 bits per heavy atom. The number of hydrogen-bond donors (Lipinski definition) is 4. The molecule has 100 valence electrons. The first kappa shape index (κ1) is 13.0. The van der Waals surface area contributed by atoms with E-state index in [0.717, 1.165) is 0 Å². The molecule has 0 amide bonds. The molecule has 0 saturated carbocycles. The van der Waals surface area contributed by atoms with Crippen LogP contribution in [0.3, 0.4) is 0 Å². The lowest BCUT2D eigenvalue weighted by molar-refractivity contribution is -0.0458. The van der Waals surface area contributed by atoms with Crippen molar-refractivity contribution >= 4 is 5.82 Å². The normalized spacial score (nSPS) is 27.4. The zero-order valence-electron chi connectivity index (χ0n) is 9.56. The van der Waals surface area contributed by atoms with Crippen molar-refractivity contribution in [2.75, 3.05) is 18.7 Å². The van der Waals surface area contributed by atoms with E-state index in [2.05, 4.69) is 10.3 Å². The van der Waals surface area contributed by atoms with Crippen LogP contribution in [0.15, 0.2) is 17.1 Å². The van der Waals surface area contributed by atoms with E-state index in [0.29, 0.717) is 0 Å². The second-order valence-electron chi connectivity index (χ2n) is 3.95. The van der Waals surface area contributed by atoms with Crippen LogP contribution in [0, 0.1) is 0 Å². The molecule has 0 spiro atoms. The van der Waals surface area contributed by atoms with Crippen molar-refractivity contribution in [2.24, 2.45) is 0 Å². The Labute approximate surface area is 102 Å². The summed E-state index contributed by atoms with van der Waals surface area (Å²) in [7, 11) is 0. The van der Waals surface area contributed by atoms with Crippen molar-refractivity contribution in [1.29, 1.82) is 0 Å². The number of hydrogen-bond acceptors (Lipinski definition) is 7. The Morgan fingerprint density at radius 3 is 2.89 bits per heavy atom. The number of aromatic nitrogens is 2. The van der Waals surface area contributed by atoms with Crippen molar-refractivity contribution in [1.82, 2.24) is 9.55 Å². The van der Waals surface area contributed by atoms with Gasteiger partial charge in [-0.3, -0.25) is 4.57 Å². The highest BCUT2D eigenvalue weighted by atomic mass is 16.5. The molecular weight excluding hydrogens is 242 g/mol. The smallest absolute Gasteiger partial charge is 0.351 e. The average molecular weight is 257 g/mol. The van der Waals surface area contributed by atoms with Gasteiger partial charge in [0.05, 0.1) is 12.7 Å². The average Bonchev–Trinajstić information content (AvgIpc) is 2.71. The highest BCUT2D eigenvalue weighted by molar-refractivity contribution is 5.30. The molecule has 1 aliphatic heterocycles. The molecule has 1 saturated heterocycles. The van der Waals surface area contributed by atoms with E-state index in [9.17, 15) is 9.90 Å². The molecule has 1 aliphatic rings. The van der Waals surface area contributed by atoms with Crippen molar-refractivity contribution in [3.63, 3.8) is 0 Å². The topological polar surface area (TPSA) is 117 Å². The molecule has 3 atom stereocenters. The third kappa shape index (κ3) is 2.51. The van der Waals surface area contributed by atoms with Gasteiger partial charge in [-0.2, -0.15) is 4.98 Å². The summed E-state index contributed by atoms with van der Waals surface area (Å²) in [5.41, 5.74) is -0.552. The van der Waals surface area contributed by atoms with Gasteiger partial charge in [0.15, 0.2) is 0 Å². The first-order valence-corrected chi connectivity index (χ1v) is 5.54. The summed E-state index contributed by atoms with van der Waals surface area (Å²) in [6.45, 7) is -0.619. The van der Waals surface area contributed by atoms with Gasteiger partial charge in [-0.1, -0.05) is 0 Å². The Morgan fingerprint density at radius 1 is 1.56 bits per heavy atom. The lowest BCUT2D eigenvalue weighted by atomic mass is 10.2. The molecule has 1 fully saturated rings. The summed E-state index contributed by atoms with van der Waals surface area (Å²) in [6, 6.07) is 1.51. The SMILES string of the molecule is O=c1nc(NCO)ccn1[C@H]1C[C@H](O)[C@@H](CO)O1. The van der Waals surface area contributed by atoms with Crippen LogP contribution in [-0.2, 0) is 4.74 Å². The maximum atomic E-state index is 11.7. The van der Waals surface area contributed by atoms with E-state index >= 15 is 0 Å². The van der Waals surface area contributed by atoms with Gasteiger partial charge in [-0.15, -0.1) is 0 Å². The summed E-state index contributed by atoms with van der Waals surface area (Å²) in [5.74, 6) is 0.260. The predicted molar refractivity (Wildman–Crippen MR) is 60.8 cm³/mol. The number of aliphatic hydroxyl groups excluding tert-OH is 3. The summed E-state index contributed by atoms with van der Waals surface area (Å²) in [6.07, 6.45) is -0.441. The highest BCUT2D eigenvalue weighted by Gasteiger charge is 2.34. The Bertz CT molecular complexity index is 463. The molecule has 0 radical (unpaired) electrons. The Hall–Kier alpha value is -1.48. The molecule has 0 aliphatic carbocycles. The van der Waals surface area contributed by atoms with E-state index in [1.807, 2.05) is 0 Å². The molecule has 2 rings (SSSR count). The summed E-state index contributed by atoms with van der Waals surface area (Å²) >= 11 is 0. The van der Waals surface area contributed by atoms with Gasteiger partial charge in [-0.05, 0) is 6.07 Å². The lowest BCUT2D eigenvalue weighted by Gasteiger charge is -2.14. The lowest BCUT2D eigenvalue weighted by Crippen LogP contribution is -2.28. The first-order valence-electron chi connectivity index (χ1n) is 5.54. The van der Waals surface area contributed by atoms with Crippen molar-refractivity contribution < 1.29 is 20.1 Å². The number of rotatable bonds is 4. The van der Waals surface area contributed by atoms with Crippen LogP contribution in [0.5, 0.6) is 0 Å². The van der Waals surface area contributed by atoms with E-state index in [1.54, 1.807) is 0 Å². The first-order chi connectivity index (χ1) is 8.65. The molecular formula is C10H15N3O5. The molecule has 1 aromatic rings. The largest absolute Gasteiger partial charge is 0.394 e. The van der Waals surface area contributed by atoms with Crippen LogP contribution in [0.4, 0.5) is 5.82 Å². The molecule has 2 heterocycles. The van der Waals surface area contributed by atoms with Gasteiger partial charge in [0.1, 0.15) is 24.9 Å². The molecule has 8 heteroatoms. The van der Waals surface area contributed by atoms with E-state index < -0.39 is 24.1 Å². The minimum Gasteiger partial charge on any atom is -0.394 e. The van der Waals surface area contributed by atoms with Crippen molar-refractivity contribution in [3.05, 3.63) is 22.7 Å². The highest BCUT2D eigenvalue weighted by Crippen LogP contribution is 2.27. The van der Waals surface area contributed by atoms with Crippen LogP contribution >= 0.6 is 0 Å². The summed E-state index contributed by atoms with van der Waals surface area (Å²) in [5, 5.41) is 29.7. The van der Waals surface area contributed by atoms with Gasteiger partial charge in [-0.25, -0.2) is 4.79 Å². The Balaban J connectivity index is 2.17. The maximum Gasteiger partial charge on any atom is 0.351 e. The van der Waals surface area contributed by atoms with Crippen LogP contribution in [-0.4, -0.2) is 50.4 Å². The molecule has 4 N–H and O–H groups in total. The zero-order chi connectivity index (χ0) is 13.1. The maximum absolute atomic E-state index is 11.7. The third-order valence-electron chi connectivity index (χ3n) is 2.78. The van der Waals surface area contributed by atoms with Gasteiger partial charge in [0.25, 0.3) is 0 Å². The quantitative estimate of drug-likeness (QED) is 0.472. The predicted octanol–water partition coefficient (Wildman–Crippen LogP) is -1.75. The number of aliphatic hydroxyl groups is 3. The van der Waals surface area contributed by atoms with Crippen molar-refractivity contribution in [3.8, 4) is 0 Å². The van der Waals surface area contributed by atoms with E-state index in [-0.39, 0.29) is 25.6 Å². The number of nitrogens with one attached hydrogen (secondary N) is 1. The van der Waals surface area contributed by atoms with Gasteiger partial charge < -0.3 is 25.4 Å². The van der Waals surface area contributed by atoms with E-state index in [1.165, 1.54) is 16.8 Å². The minimum atomic E-state index is -0.804. The zero-order valence-corrected chi connectivity index (χ0v) is 9.56. The van der Waals surface area contributed by atoms with Gasteiger partial charge in [0.2, 0.25) is 0 Å². The fraction of sp³-hybridized carbons (Fsp3) is 0.600. The molecule has 8 nitrogen and oxygen atoms in total. The molecule has 0 bridgehead atoms. The van der Waals surface area contributed by atoms with Crippen LogP contribution < -0.4 is 11.0 Å². The van der Waals surface area contributed by atoms with Crippen LogP contribution in [0.1, 0.15) is 12.6 Å². The van der Waals surface area contributed by atoms with Crippen molar-refractivity contribution in [2.45, 2.75) is 24.9 Å². The molecule has 18 heavy (non-hydrogen) atoms. The fourth-order valence-corrected chi connectivity index (χ4v) is 1.86. The monoisotopic (exact) mass is 257 g/mol. The Kier molecular flexibility index (Phi) is 3.92. The minimum absolute atomic E-state index is 0.222. The van der Waals surface area contributed by atoms with Gasteiger partial charge in [0, 0.05) is 12.6 Å². The van der Waals surface area contributed by atoms with Crippen LogP contribution in [0.25, 0.3) is 0 Å². The molecule has 0 unspecified atom stereocenters. The molecule has 0 aromatic carbocycles. The number of anilines is 1. The summed E-state index contributed by atoms with van der Waals surface area (Å²) in [4.78, 5) is 15.4. The molecule has 1 aromatic heterocycles. The van der Waals surface area contributed by atoms with E-state index in [4.69, 9.17) is 14.9 Å². The summed E-state index contributed by atoms with van der Waals surface area (Å²) < 4.78 is 6.58. The second-order valence-corrected chi connectivity index (χ2v) is 3.95. The van der Waals surface area contributed by atoms with Gasteiger partial charge >= 0.3 is 5.69 Å². The standard InChI is InChI=1S/C10H15N3O5/c14-4-7-6(16)3-9(18-7)13-2-1-8(11-5-15)12-10(13)17/h1-2,6-7,9,14-16H,3-5H2,(H,11,12,17)/t6-,7+,9+/m0/s1. The second kappa shape index (κ2) is 5.44. The third-order valence-corrected chi connectivity index (χ3v) is 2.78. The fourth-order valence-electron chi connectivity index (χ4n) is 1.86.